The van der Waals surface area contributed by atoms with Crippen LogP contribution >= 0.6 is 0 Å². The van der Waals surface area contributed by atoms with Crippen LogP contribution in [0.3, 0.4) is 0 Å². The van der Waals surface area contributed by atoms with E-state index in [4.69, 9.17) is 5.73 Å². The molecular weight excluding hydrogens is 537 g/mol. The SMILES string of the molecule is CCCC1CC2C3CC(C4CC4CC(C)C3Cc3ccc(C(=O)N4CCN(C(=O)C5(N)CC5)CC4)c(F)c3)C2CC2CC12. The molecule has 0 aromatic heterocycles. The average Bonchev–Trinajstić information content (AvgIpc) is 3.92. The van der Waals surface area contributed by atoms with Gasteiger partial charge >= 0.3 is 0 Å². The molecule has 43 heavy (non-hydrogen) atoms. The third-order valence-corrected chi connectivity index (χ3v) is 13.9. The Bertz CT molecular complexity index is 1270. The van der Waals surface area contributed by atoms with Crippen LogP contribution in [-0.2, 0) is 11.2 Å². The van der Waals surface area contributed by atoms with Crippen molar-refractivity contribution >= 4 is 11.8 Å². The van der Waals surface area contributed by atoms with E-state index in [1.165, 1.54) is 51.4 Å². The molecule has 0 radical (unpaired) electrons. The topological polar surface area (TPSA) is 66.6 Å². The van der Waals surface area contributed by atoms with Crippen LogP contribution in [0.5, 0.6) is 0 Å². The van der Waals surface area contributed by atoms with E-state index in [-0.39, 0.29) is 23.2 Å². The number of halogens is 1. The van der Waals surface area contributed by atoms with Crippen molar-refractivity contribution in [1.82, 2.24) is 9.80 Å². The molecule has 1 aromatic rings. The molecule has 11 unspecified atom stereocenters. The van der Waals surface area contributed by atoms with Crippen LogP contribution in [0.2, 0.25) is 0 Å². The van der Waals surface area contributed by atoms with E-state index in [2.05, 4.69) is 13.8 Å². The van der Waals surface area contributed by atoms with Gasteiger partial charge in [-0.25, -0.2) is 4.39 Å². The minimum absolute atomic E-state index is 0.00257. The first-order valence-electron chi connectivity index (χ1n) is 17.9. The smallest absolute Gasteiger partial charge is 0.256 e. The van der Waals surface area contributed by atoms with Gasteiger partial charge < -0.3 is 15.5 Å². The molecule has 1 aliphatic heterocycles. The number of benzene rings is 1. The van der Waals surface area contributed by atoms with Gasteiger partial charge in [-0.1, -0.05) is 32.8 Å². The highest BCUT2D eigenvalue weighted by Crippen LogP contribution is 2.68. The normalized spacial score (nSPS) is 42.1. The second-order valence-electron chi connectivity index (χ2n) is 16.4. The Labute approximate surface area is 257 Å². The fourth-order valence-electron chi connectivity index (χ4n) is 11.2. The number of piperazine rings is 1. The largest absolute Gasteiger partial charge is 0.338 e. The first-order chi connectivity index (χ1) is 20.7. The minimum Gasteiger partial charge on any atom is -0.338 e. The zero-order valence-electron chi connectivity index (χ0n) is 26.4. The van der Waals surface area contributed by atoms with Crippen LogP contribution in [-0.4, -0.2) is 53.3 Å². The van der Waals surface area contributed by atoms with E-state index in [9.17, 15) is 9.59 Å². The van der Waals surface area contributed by atoms with E-state index in [0.717, 1.165) is 78.1 Å². The number of carbonyl (C=O) groups is 2. The molecule has 7 fully saturated rings. The molecule has 0 spiro atoms. The molecule has 6 saturated carbocycles. The number of amides is 2. The van der Waals surface area contributed by atoms with Crippen LogP contribution in [0.1, 0.15) is 94.0 Å². The van der Waals surface area contributed by atoms with Gasteiger partial charge in [-0.3, -0.25) is 9.59 Å². The van der Waals surface area contributed by atoms with Crippen molar-refractivity contribution in [2.75, 3.05) is 26.2 Å². The standard InChI is InChI=1S/C37H52FN3O2/c1-3-4-23-16-30-31(19-25-17-28(23)25)33-20-32(30)27(21(2)13-24-18-29(24)33)14-22-5-6-26(34(38)15-22)35(42)40-9-11-41(12-10-40)36(43)37(39)7-8-37/h5-6,15,21,23-25,27-33H,3-4,7-14,16-20,39H2,1-2H3. The summed E-state index contributed by atoms with van der Waals surface area (Å²) in [6.07, 6.45) is 13.8. The zero-order chi connectivity index (χ0) is 29.6. The molecule has 6 heteroatoms. The Kier molecular flexibility index (Phi) is 7.00. The van der Waals surface area contributed by atoms with Gasteiger partial charge in [0.15, 0.2) is 0 Å². The van der Waals surface area contributed by atoms with E-state index < -0.39 is 5.54 Å². The highest BCUT2D eigenvalue weighted by molar-refractivity contribution is 5.95. The van der Waals surface area contributed by atoms with Crippen molar-refractivity contribution < 1.29 is 14.0 Å². The van der Waals surface area contributed by atoms with Crippen molar-refractivity contribution in [2.24, 2.45) is 70.8 Å². The Hall–Kier alpha value is -1.95. The highest BCUT2D eigenvalue weighted by atomic mass is 19.1. The Morgan fingerprint density at radius 2 is 1.51 bits per heavy atom. The molecule has 7 aliphatic rings. The summed E-state index contributed by atoms with van der Waals surface area (Å²) < 4.78 is 15.7. The predicted molar refractivity (Wildman–Crippen MR) is 165 cm³/mol. The predicted octanol–water partition coefficient (Wildman–Crippen LogP) is 6.15. The van der Waals surface area contributed by atoms with Crippen LogP contribution in [0.4, 0.5) is 4.39 Å². The van der Waals surface area contributed by atoms with Crippen LogP contribution in [0.15, 0.2) is 18.2 Å². The summed E-state index contributed by atoms with van der Waals surface area (Å²) in [5.41, 5.74) is 6.65. The van der Waals surface area contributed by atoms with Gasteiger partial charge in [-0.05, 0) is 141 Å². The molecule has 6 aliphatic carbocycles. The van der Waals surface area contributed by atoms with E-state index in [1.807, 2.05) is 6.07 Å². The van der Waals surface area contributed by atoms with Gasteiger partial charge in [0.05, 0.1) is 11.1 Å². The molecule has 1 heterocycles. The van der Waals surface area contributed by atoms with E-state index in [0.29, 0.717) is 38.0 Å². The number of nitrogens with two attached hydrogens (primary N) is 1. The lowest BCUT2D eigenvalue weighted by Gasteiger charge is -2.37. The maximum absolute atomic E-state index is 15.7. The molecule has 11 atom stereocenters. The molecule has 234 valence electrons. The van der Waals surface area contributed by atoms with Crippen molar-refractivity contribution in [3.63, 3.8) is 0 Å². The van der Waals surface area contributed by atoms with E-state index >= 15 is 4.39 Å². The Morgan fingerprint density at radius 3 is 2.23 bits per heavy atom. The van der Waals surface area contributed by atoms with Gasteiger partial charge in [0.1, 0.15) is 5.82 Å². The van der Waals surface area contributed by atoms with Gasteiger partial charge in [0.2, 0.25) is 5.91 Å². The number of hydrogen-bond donors (Lipinski definition) is 1. The molecule has 8 rings (SSSR count). The van der Waals surface area contributed by atoms with Gasteiger partial charge in [0, 0.05) is 26.2 Å². The van der Waals surface area contributed by atoms with Crippen LogP contribution < -0.4 is 5.73 Å². The Morgan fingerprint density at radius 1 is 0.860 bits per heavy atom. The summed E-state index contributed by atoms with van der Waals surface area (Å²) in [6, 6.07) is 5.46. The fourth-order valence-corrected chi connectivity index (χ4v) is 11.2. The third-order valence-electron chi connectivity index (χ3n) is 13.9. The van der Waals surface area contributed by atoms with Crippen LogP contribution in [0.25, 0.3) is 0 Å². The molecular formula is C37H52FN3O2. The fraction of sp³-hybridized carbons (Fsp3) is 0.784. The molecule has 2 amide bonds. The Balaban J connectivity index is 0.974. The van der Waals surface area contributed by atoms with Gasteiger partial charge in [-0.15, -0.1) is 0 Å². The first-order valence-corrected chi connectivity index (χ1v) is 17.9. The molecule has 5 nitrogen and oxygen atoms in total. The van der Waals surface area contributed by atoms with Gasteiger partial charge in [0.25, 0.3) is 5.91 Å². The third kappa shape index (κ3) is 5.06. The average molecular weight is 590 g/mol. The molecule has 2 bridgehead atoms. The minimum atomic E-state index is -0.684. The summed E-state index contributed by atoms with van der Waals surface area (Å²) in [7, 11) is 0. The number of rotatable bonds is 6. The second-order valence-corrected chi connectivity index (χ2v) is 16.4. The second kappa shape index (κ2) is 10.6. The maximum Gasteiger partial charge on any atom is 0.256 e. The quantitative estimate of drug-likeness (QED) is 0.433. The number of fused-ring (bicyclic) bond motifs is 8. The summed E-state index contributed by atoms with van der Waals surface area (Å²) in [4.78, 5) is 29.4. The van der Waals surface area contributed by atoms with Crippen LogP contribution in [0, 0.1) is 70.9 Å². The molecule has 2 N–H and O–H groups in total. The monoisotopic (exact) mass is 589 g/mol. The number of carbonyl (C=O) groups excluding carboxylic acids is 2. The number of hydrogen-bond acceptors (Lipinski definition) is 3. The first kappa shape index (κ1) is 28.5. The lowest BCUT2D eigenvalue weighted by Crippen LogP contribution is -2.55. The highest BCUT2D eigenvalue weighted by Gasteiger charge is 2.60. The number of nitrogens with zero attached hydrogens (tertiary/aromatic N) is 2. The summed E-state index contributed by atoms with van der Waals surface area (Å²) in [5, 5.41) is 0. The molecule has 1 saturated heterocycles. The van der Waals surface area contributed by atoms with Crippen molar-refractivity contribution in [3.8, 4) is 0 Å². The summed E-state index contributed by atoms with van der Waals surface area (Å²) in [6.45, 7) is 6.66. The summed E-state index contributed by atoms with van der Waals surface area (Å²) >= 11 is 0. The van der Waals surface area contributed by atoms with E-state index in [1.54, 1.807) is 21.9 Å². The lowest BCUT2D eigenvalue weighted by molar-refractivity contribution is -0.135. The maximum atomic E-state index is 15.7. The molecule has 1 aromatic carbocycles. The van der Waals surface area contributed by atoms with Gasteiger partial charge in [-0.2, -0.15) is 0 Å². The lowest BCUT2D eigenvalue weighted by atomic mass is 9.69. The summed E-state index contributed by atoms with van der Waals surface area (Å²) in [5.74, 6) is 9.05. The van der Waals surface area contributed by atoms with Crippen molar-refractivity contribution in [1.29, 1.82) is 0 Å². The van der Waals surface area contributed by atoms with Crippen molar-refractivity contribution in [3.05, 3.63) is 35.1 Å². The zero-order valence-corrected chi connectivity index (χ0v) is 26.4. The van der Waals surface area contributed by atoms with Crippen molar-refractivity contribution in [2.45, 2.75) is 90.0 Å².